The lowest BCUT2D eigenvalue weighted by Gasteiger charge is -2.25. The highest BCUT2D eigenvalue weighted by atomic mass is 16.6. The molecule has 1 fully saturated rings. The van der Waals surface area contributed by atoms with E-state index in [0.717, 1.165) is 32.4 Å². The largest absolute Gasteiger partial charge is 0.386 e. The molecule has 112 valence electrons. The van der Waals surface area contributed by atoms with Crippen molar-refractivity contribution in [3.8, 4) is 0 Å². The zero-order valence-electron chi connectivity index (χ0n) is 11.6. The summed E-state index contributed by atoms with van der Waals surface area (Å²) in [5.41, 5.74) is 0.540. The van der Waals surface area contributed by atoms with Gasteiger partial charge in [0.2, 0.25) is 0 Å². The van der Waals surface area contributed by atoms with Crippen LogP contribution in [0, 0.1) is 10.1 Å². The SMILES string of the molecule is O=C(CO/N=C\c1cccc([N+](=O)[O-])c1)N1CCCCC1. The second-order valence-corrected chi connectivity index (χ2v) is 4.80. The van der Waals surface area contributed by atoms with Crippen molar-refractivity contribution in [2.75, 3.05) is 19.7 Å². The second-order valence-electron chi connectivity index (χ2n) is 4.80. The molecule has 1 heterocycles. The van der Waals surface area contributed by atoms with Crippen LogP contribution >= 0.6 is 0 Å². The number of benzene rings is 1. The third kappa shape index (κ3) is 4.55. The maximum atomic E-state index is 11.8. The lowest BCUT2D eigenvalue weighted by molar-refractivity contribution is -0.384. The van der Waals surface area contributed by atoms with Crippen molar-refractivity contribution in [3.05, 3.63) is 39.9 Å². The number of rotatable bonds is 5. The van der Waals surface area contributed by atoms with Gasteiger partial charge in [-0.1, -0.05) is 17.3 Å². The van der Waals surface area contributed by atoms with E-state index in [1.165, 1.54) is 18.3 Å². The van der Waals surface area contributed by atoms with Crippen LogP contribution in [0.2, 0.25) is 0 Å². The van der Waals surface area contributed by atoms with Gasteiger partial charge < -0.3 is 9.74 Å². The first-order valence-electron chi connectivity index (χ1n) is 6.84. The van der Waals surface area contributed by atoms with Crippen LogP contribution in [0.3, 0.4) is 0 Å². The summed E-state index contributed by atoms with van der Waals surface area (Å²) in [6.45, 7) is 1.44. The van der Waals surface area contributed by atoms with Crippen molar-refractivity contribution in [2.45, 2.75) is 19.3 Å². The molecule has 7 heteroatoms. The van der Waals surface area contributed by atoms with Gasteiger partial charge in [-0.05, 0) is 19.3 Å². The molecule has 0 saturated carbocycles. The van der Waals surface area contributed by atoms with E-state index >= 15 is 0 Å². The second kappa shape index (κ2) is 7.37. The summed E-state index contributed by atoms with van der Waals surface area (Å²) >= 11 is 0. The Morgan fingerprint density at radius 2 is 2.14 bits per heavy atom. The highest BCUT2D eigenvalue weighted by Gasteiger charge is 2.16. The predicted molar refractivity (Wildman–Crippen MR) is 77.1 cm³/mol. The Morgan fingerprint density at radius 3 is 2.86 bits per heavy atom. The summed E-state index contributed by atoms with van der Waals surface area (Å²) in [5.74, 6) is -0.0779. The Kier molecular flexibility index (Phi) is 5.25. The number of nitrogens with zero attached hydrogens (tertiary/aromatic N) is 3. The molecule has 0 N–H and O–H groups in total. The van der Waals surface area contributed by atoms with Crippen molar-refractivity contribution in [1.29, 1.82) is 0 Å². The van der Waals surface area contributed by atoms with Gasteiger partial charge in [0, 0.05) is 30.8 Å². The number of non-ortho nitro benzene ring substituents is 1. The van der Waals surface area contributed by atoms with E-state index in [4.69, 9.17) is 4.84 Å². The van der Waals surface area contributed by atoms with Crippen molar-refractivity contribution < 1.29 is 14.6 Å². The molecule has 0 aliphatic carbocycles. The quantitative estimate of drug-likeness (QED) is 0.471. The van der Waals surface area contributed by atoms with Crippen LogP contribution in [-0.2, 0) is 9.63 Å². The molecule has 0 radical (unpaired) electrons. The third-order valence-corrected chi connectivity index (χ3v) is 3.25. The Morgan fingerprint density at radius 1 is 1.38 bits per heavy atom. The topological polar surface area (TPSA) is 85.0 Å². The first kappa shape index (κ1) is 15.0. The van der Waals surface area contributed by atoms with E-state index < -0.39 is 4.92 Å². The van der Waals surface area contributed by atoms with Crippen molar-refractivity contribution in [2.24, 2.45) is 5.16 Å². The molecule has 1 aliphatic heterocycles. The molecule has 7 nitrogen and oxygen atoms in total. The maximum absolute atomic E-state index is 11.8. The van der Waals surface area contributed by atoms with Gasteiger partial charge >= 0.3 is 0 Å². The molecular weight excluding hydrogens is 274 g/mol. The number of piperidine rings is 1. The highest BCUT2D eigenvalue weighted by molar-refractivity contribution is 5.80. The van der Waals surface area contributed by atoms with E-state index in [1.54, 1.807) is 17.0 Å². The molecule has 0 aromatic heterocycles. The summed E-state index contributed by atoms with van der Waals surface area (Å²) in [6.07, 6.45) is 4.58. The van der Waals surface area contributed by atoms with Gasteiger partial charge in [-0.15, -0.1) is 0 Å². The maximum Gasteiger partial charge on any atom is 0.270 e. The number of carbonyl (C=O) groups excluding carboxylic acids is 1. The number of nitro groups is 1. The number of hydrogen-bond acceptors (Lipinski definition) is 5. The number of hydrogen-bond donors (Lipinski definition) is 0. The van der Waals surface area contributed by atoms with Crippen molar-refractivity contribution in [3.63, 3.8) is 0 Å². The fraction of sp³-hybridized carbons (Fsp3) is 0.429. The minimum Gasteiger partial charge on any atom is -0.386 e. The van der Waals surface area contributed by atoms with Crippen LogP contribution in [0.15, 0.2) is 29.4 Å². The fourth-order valence-electron chi connectivity index (χ4n) is 2.14. The Hall–Kier alpha value is -2.44. The summed E-state index contributed by atoms with van der Waals surface area (Å²) < 4.78 is 0. The summed E-state index contributed by atoms with van der Waals surface area (Å²) in [4.78, 5) is 28.7. The number of oxime groups is 1. The molecule has 1 saturated heterocycles. The Labute approximate surface area is 122 Å². The molecule has 1 amide bonds. The normalized spacial score (nSPS) is 15.1. The van der Waals surface area contributed by atoms with E-state index in [9.17, 15) is 14.9 Å². The molecule has 1 aromatic carbocycles. The van der Waals surface area contributed by atoms with Gasteiger partial charge in [0.15, 0.2) is 6.61 Å². The molecule has 1 aromatic rings. The lowest BCUT2D eigenvalue weighted by Crippen LogP contribution is -2.37. The van der Waals surface area contributed by atoms with Crippen LogP contribution in [-0.4, -0.2) is 41.6 Å². The summed E-state index contributed by atoms with van der Waals surface area (Å²) in [7, 11) is 0. The van der Waals surface area contributed by atoms with Crippen LogP contribution in [0.4, 0.5) is 5.69 Å². The van der Waals surface area contributed by atoms with E-state index in [1.807, 2.05) is 0 Å². The van der Waals surface area contributed by atoms with Gasteiger partial charge in [0.25, 0.3) is 11.6 Å². The third-order valence-electron chi connectivity index (χ3n) is 3.25. The van der Waals surface area contributed by atoms with E-state index in [0.29, 0.717) is 5.56 Å². The van der Waals surface area contributed by atoms with Crippen LogP contribution in [0.1, 0.15) is 24.8 Å². The van der Waals surface area contributed by atoms with Gasteiger partial charge in [-0.2, -0.15) is 0 Å². The zero-order chi connectivity index (χ0) is 15.1. The predicted octanol–water partition coefficient (Wildman–Crippen LogP) is 1.96. The minimum atomic E-state index is -0.474. The number of carbonyl (C=O) groups is 1. The van der Waals surface area contributed by atoms with Crippen LogP contribution in [0.25, 0.3) is 0 Å². The monoisotopic (exact) mass is 291 g/mol. The molecule has 2 rings (SSSR count). The average Bonchev–Trinajstić information content (AvgIpc) is 2.52. The van der Waals surface area contributed by atoms with Crippen LogP contribution in [0.5, 0.6) is 0 Å². The van der Waals surface area contributed by atoms with Crippen LogP contribution < -0.4 is 0 Å². The first-order chi connectivity index (χ1) is 10.2. The molecule has 0 spiro atoms. The standard InChI is InChI=1S/C14H17N3O4/c18-14(16-7-2-1-3-8-16)11-21-15-10-12-5-4-6-13(9-12)17(19)20/h4-6,9-10H,1-3,7-8,11H2/b15-10-. The minimum absolute atomic E-state index is 0.0108. The first-order valence-corrected chi connectivity index (χ1v) is 6.84. The molecule has 0 atom stereocenters. The van der Waals surface area contributed by atoms with Gasteiger partial charge in [0.1, 0.15) is 0 Å². The lowest BCUT2D eigenvalue weighted by atomic mass is 10.1. The molecule has 0 bridgehead atoms. The van der Waals surface area contributed by atoms with Crippen molar-refractivity contribution >= 4 is 17.8 Å². The smallest absolute Gasteiger partial charge is 0.270 e. The van der Waals surface area contributed by atoms with Gasteiger partial charge in [-0.3, -0.25) is 14.9 Å². The Bertz CT molecular complexity index is 539. The Balaban J connectivity index is 1.81. The van der Waals surface area contributed by atoms with Gasteiger partial charge in [-0.25, -0.2) is 0 Å². The summed E-state index contributed by atoms with van der Waals surface area (Å²) in [6, 6.07) is 6.03. The number of nitro benzene ring substituents is 1. The average molecular weight is 291 g/mol. The fourth-order valence-corrected chi connectivity index (χ4v) is 2.14. The van der Waals surface area contributed by atoms with E-state index in [2.05, 4.69) is 5.16 Å². The van der Waals surface area contributed by atoms with Crippen molar-refractivity contribution in [1.82, 2.24) is 4.90 Å². The molecule has 0 unspecified atom stereocenters. The number of amides is 1. The number of likely N-dealkylation sites (tertiary alicyclic amines) is 1. The molecule has 21 heavy (non-hydrogen) atoms. The van der Waals surface area contributed by atoms with E-state index in [-0.39, 0.29) is 18.2 Å². The molecular formula is C14H17N3O4. The zero-order valence-corrected chi connectivity index (χ0v) is 11.6. The van der Waals surface area contributed by atoms with Gasteiger partial charge in [0.05, 0.1) is 11.1 Å². The highest BCUT2D eigenvalue weighted by Crippen LogP contribution is 2.11. The summed E-state index contributed by atoms with van der Waals surface area (Å²) in [5, 5.41) is 14.3. The molecule has 1 aliphatic rings.